The number of hydrogen-bond acceptors (Lipinski definition) is 9. The SMILES string of the molecule is CCCCCCCCCCCCN(CCOC(=O)C(C)(C)CC)c1ccc(/N=N/c2ccc(/N=N/c3ccc([N+](=O)[O-])cc3)cc2)cc1. The standard InChI is InChI=1S/C38H52N6O4/c1-5-7-8-9-10-11-12-13-14-15-28-43(29-30-48-37(45)38(3,4)6-2)35-24-20-33(21-25-35)41-39-31-16-18-32(19-17-31)40-42-34-22-26-36(27-23-34)44(46)47/h16-27H,5-15,28-30H2,1-4H3/b41-39+,42-40+. The highest BCUT2D eigenvalue weighted by Crippen LogP contribution is 2.26. The summed E-state index contributed by atoms with van der Waals surface area (Å²) in [5, 5.41) is 27.9. The van der Waals surface area contributed by atoms with Gasteiger partial charge in [-0.15, -0.1) is 0 Å². The number of ether oxygens (including phenoxy) is 1. The first-order chi connectivity index (χ1) is 23.2. The van der Waals surface area contributed by atoms with Crippen molar-refractivity contribution in [2.75, 3.05) is 24.6 Å². The van der Waals surface area contributed by atoms with Gasteiger partial charge < -0.3 is 9.64 Å². The van der Waals surface area contributed by atoms with Crippen molar-refractivity contribution in [3.8, 4) is 0 Å². The molecule has 10 nitrogen and oxygen atoms in total. The molecule has 0 fully saturated rings. The molecular formula is C38H52N6O4. The van der Waals surface area contributed by atoms with E-state index >= 15 is 0 Å². The number of rotatable bonds is 22. The van der Waals surface area contributed by atoms with Gasteiger partial charge in [-0.3, -0.25) is 14.9 Å². The maximum absolute atomic E-state index is 12.5. The highest BCUT2D eigenvalue weighted by atomic mass is 16.6. The number of benzene rings is 3. The quantitative estimate of drug-likeness (QED) is 0.0350. The Kier molecular flexibility index (Phi) is 16.4. The molecule has 3 aromatic rings. The van der Waals surface area contributed by atoms with Crippen LogP contribution in [-0.4, -0.2) is 30.6 Å². The van der Waals surface area contributed by atoms with E-state index in [4.69, 9.17) is 4.74 Å². The molecule has 0 heterocycles. The molecule has 0 amide bonds. The van der Waals surface area contributed by atoms with Crippen molar-refractivity contribution in [3.05, 3.63) is 82.9 Å². The van der Waals surface area contributed by atoms with Crippen LogP contribution in [0.25, 0.3) is 0 Å². The van der Waals surface area contributed by atoms with E-state index in [2.05, 4.69) is 32.3 Å². The van der Waals surface area contributed by atoms with E-state index in [0.717, 1.165) is 30.8 Å². The van der Waals surface area contributed by atoms with Gasteiger partial charge in [0.2, 0.25) is 0 Å². The monoisotopic (exact) mass is 656 g/mol. The number of nitro benzene ring substituents is 1. The van der Waals surface area contributed by atoms with E-state index in [-0.39, 0.29) is 11.7 Å². The minimum atomic E-state index is -0.478. The van der Waals surface area contributed by atoms with Crippen molar-refractivity contribution in [3.63, 3.8) is 0 Å². The van der Waals surface area contributed by atoms with Crippen molar-refractivity contribution >= 4 is 40.1 Å². The van der Waals surface area contributed by atoms with Gasteiger partial charge >= 0.3 is 5.97 Å². The molecule has 0 spiro atoms. The Balaban J connectivity index is 1.54. The Morgan fingerprint density at radius 3 is 1.52 bits per heavy atom. The first-order valence-electron chi connectivity index (χ1n) is 17.4. The van der Waals surface area contributed by atoms with E-state index < -0.39 is 10.3 Å². The summed E-state index contributed by atoms with van der Waals surface area (Å²) in [5.74, 6) is -0.153. The van der Waals surface area contributed by atoms with Crippen LogP contribution in [0.5, 0.6) is 0 Å². The molecule has 0 aliphatic rings. The second-order valence-corrected chi connectivity index (χ2v) is 12.7. The van der Waals surface area contributed by atoms with Crippen molar-refractivity contribution in [1.29, 1.82) is 0 Å². The van der Waals surface area contributed by atoms with Gasteiger partial charge in [0.05, 0.1) is 39.6 Å². The molecule has 48 heavy (non-hydrogen) atoms. The van der Waals surface area contributed by atoms with E-state index in [0.29, 0.717) is 30.2 Å². The summed E-state index contributed by atoms with van der Waals surface area (Å²) in [6.45, 7) is 10.0. The molecule has 3 rings (SSSR count). The van der Waals surface area contributed by atoms with Crippen LogP contribution in [0.15, 0.2) is 93.3 Å². The second-order valence-electron chi connectivity index (χ2n) is 12.7. The molecule has 0 saturated heterocycles. The van der Waals surface area contributed by atoms with Crippen LogP contribution < -0.4 is 4.90 Å². The average Bonchev–Trinajstić information content (AvgIpc) is 3.10. The van der Waals surface area contributed by atoms with Gasteiger partial charge in [0.25, 0.3) is 5.69 Å². The Bertz CT molecular complexity index is 1440. The molecule has 0 bridgehead atoms. The number of azo groups is 2. The zero-order valence-corrected chi connectivity index (χ0v) is 29.1. The Hall–Kier alpha value is -4.47. The number of nitrogens with zero attached hydrogens (tertiary/aromatic N) is 6. The predicted octanol–water partition coefficient (Wildman–Crippen LogP) is 12.1. The van der Waals surface area contributed by atoms with Crippen LogP contribution in [0.1, 0.15) is 98.3 Å². The molecule has 0 saturated carbocycles. The number of carbonyl (C=O) groups excluding carboxylic acids is 1. The summed E-state index contributed by atoms with van der Waals surface area (Å²) in [7, 11) is 0. The lowest BCUT2D eigenvalue weighted by molar-refractivity contribution is -0.384. The van der Waals surface area contributed by atoms with Crippen LogP contribution >= 0.6 is 0 Å². The van der Waals surface area contributed by atoms with E-state index in [1.807, 2.05) is 45.0 Å². The first kappa shape index (κ1) is 38.0. The van der Waals surface area contributed by atoms with Gasteiger partial charge in [0.15, 0.2) is 0 Å². The van der Waals surface area contributed by atoms with Gasteiger partial charge in [0.1, 0.15) is 6.61 Å². The van der Waals surface area contributed by atoms with Gasteiger partial charge in [-0.25, -0.2) is 0 Å². The summed E-state index contributed by atoms with van der Waals surface area (Å²) in [6.07, 6.45) is 13.6. The maximum atomic E-state index is 12.5. The largest absolute Gasteiger partial charge is 0.463 e. The zero-order chi connectivity index (χ0) is 34.6. The Morgan fingerprint density at radius 2 is 1.08 bits per heavy atom. The molecule has 3 aromatic carbocycles. The van der Waals surface area contributed by atoms with E-state index in [1.165, 1.54) is 69.9 Å². The lowest BCUT2D eigenvalue weighted by Crippen LogP contribution is -2.32. The molecular weight excluding hydrogens is 604 g/mol. The van der Waals surface area contributed by atoms with Crippen LogP contribution in [-0.2, 0) is 9.53 Å². The highest BCUT2D eigenvalue weighted by Gasteiger charge is 2.27. The van der Waals surface area contributed by atoms with Gasteiger partial charge in [-0.2, -0.15) is 20.5 Å². The summed E-state index contributed by atoms with van der Waals surface area (Å²) in [6, 6.07) is 21.1. The molecule has 0 aliphatic carbocycles. The average molecular weight is 657 g/mol. The maximum Gasteiger partial charge on any atom is 0.311 e. The molecule has 10 heteroatoms. The van der Waals surface area contributed by atoms with Crippen molar-refractivity contribution in [2.45, 2.75) is 98.3 Å². The van der Waals surface area contributed by atoms with Gasteiger partial charge in [-0.05, 0) is 87.4 Å². The third-order valence-corrected chi connectivity index (χ3v) is 8.50. The number of anilines is 1. The Labute approximate surface area is 285 Å². The lowest BCUT2D eigenvalue weighted by atomic mass is 9.91. The zero-order valence-electron chi connectivity index (χ0n) is 29.1. The number of unbranched alkanes of at least 4 members (excludes halogenated alkanes) is 9. The first-order valence-corrected chi connectivity index (χ1v) is 17.4. The van der Waals surface area contributed by atoms with Gasteiger partial charge in [-0.1, -0.05) is 71.6 Å². The summed E-state index contributed by atoms with van der Waals surface area (Å²) in [5.41, 5.74) is 3.16. The number of nitro groups is 1. The van der Waals surface area contributed by atoms with E-state index in [1.54, 1.807) is 36.4 Å². The number of carbonyl (C=O) groups is 1. The highest BCUT2D eigenvalue weighted by molar-refractivity contribution is 5.75. The molecule has 258 valence electrons. The molecule has 0 unspecified atom stereocenters. The molecule has 0 aromatic heterocycles. The van der Waals surface area contributed by atoms with Crippen LogP contribution in [0.4, 0.5) is 34.1 Å². The smallest absolute Gasteiger partial charge is 0.311 e. The number of esters is 1. The third-order valence-electron chi connectivity index (χ3n) is 8.50. The molecule has 0 N–H and O–H groups in total. The summed E-state index contributed by atoms with van der Waals surface area (Å²) in [4.78, 5) is 25.2. The fourth-order valence-electron chi connectivity index (χ4n) is 4.94. The number of hydrogen-bond donors (Lipinski definition) is 0. The van der Waals surface area contributed by atoms with Crippen LogP contribution in [0.3, 0.4) is 0 Å². The van der Waals surface area contributed by atoms with Crippen LogP contribution in [0, 0.1) is 15.5 Å². The fraction of sp³-hybridized carbons (Fsp3) is 0.500. The summed E-state index contributed by atoms with van der Waals surface area (Å²) >= 11 is 0. The van der Waals surface area contributed by atoms with Gasteiger partial charge in [0, 0.05) is 24.4 Å². The van der Waals surface area contributed by atoms with Crippen molar-refractivity contribution in [1.82, 2.24) is 0 Å². The molecule has 0 atom stereocenters. The normalized spacial score (nSPS) is 11.8. The Morgan fingerprint density at radius 1 is 0.667 bits per heavy atom. The molecule has 0 aliphatic heterocycles. The predicted molar refractivity (Wildman–Crippen MR) is 193 cm³/mol. The van der Waals surface area contributed by atoms with E-state index in [9.17, 15) is 14.9 Å². The summed E-state index contributed by atoms with van der Waals surface area (Å²) < 4.78 is 5.67. The second kappa shape index (κ2) is 20.7. The van der Waals surface area contributed by atoms with Crippen molar-refractivity contribution in [2.24, 2.45) is 25.9 Å². The lowest BCUT2D eigenvalue weighted by Gasteiger charge is -2.26. The number of non-ortho nitro benzene ring substituents is 1. The topological polar surface area (TPSA) is 122 Å². The fourth-order valence-corrected chi connectivity index (χ4v) is 4.94. The third kappa shape index (κ3) is 13.7. The van der Waals surface area contributed by atoms with Crippen molar-refractivity contribution < 1.29 is 14.5 Å². The minimum Gasteiger partial charge on any atom is -0.463 e. The minimum absolute atomic E-state index is 0.00858. The molecule has 0 radical (unpaired) electrons. The van der Waals surface area contributed by atoms with Crippen LogP contribution in [0.2, 0.25) is 0 Å².